The van der Waals surface area contributed by atoms with Gasteiger partial charge in [0.15, 0.2) is 0 Å². The summed E-state index contributed by atoms with van der Waals surface area (Å²) in [7, 11) is 2.07. The van der Waals surface area contributed by atoms with Gasteiger partial charge in [0.2, 0.25) is 0 Å². The summed E-state index contributed by atoms with van der Waals surface area (Å²) in [5, 5.41) is 11.2. The van der Waals surface area contributed by atoms with Gasteiger partial charge in [-0.1, -0.05) is 26.7 Å². The van der Waals surface area contributed by atoms with E-state index in [0.717, 1.165) is 18.4 Å². The first-order chi connectivity index (χ1) is 6.74. The Hall–Kier alpha value is -0.120. The Morgan fingerprint density at radius 3 is 2.36 bits per heavy atom. The van der Waals surface area contributed by atoms with Gasteiger partial charge < -0.3 is 10.5 Å². The van der Waals surface area contributed by atoms with E-state index >= 15 is 0 Å². The van der Waals surface area contributed by atoms with Crippen LogP contribution in [0.15, 0.2) is 0 Å². The van der Waals surface area contributed by atoms with Crippen LogP contribution in [-0.4, -0.2) is 24.8 Å². The summed E-state index contributed by atoms with van der Waals surface area (Å²) in [6, 6.07) is 0.814. The summed E-state index contributed by atoms with van der Waals surface area (Å²) >= 11 is 0. The maximum absolute atomic E-state index is 7.82. The Balaban J connectivity index is 0.000000292. The first-order valence-electron chi connectivity index (χ1n) is 5.78. The van der Waals surface area contributed by atoms with E-state index in [2.05, 4.69) is 19.3 Å². The number of hydrogen-bond donors (Lipinski definition) is 3. The van der Waals surface area contributed by atoms with Crippen LogP contribution in [0, 0.1) is 5.92 Å². The minimum Gasteiger partial charge on any atom is -0.317 e. The van der Waals surface area contributed by atoms with E-state index in [1.807, 2.05) is 12.4 Å². The van der Waals surface area contributed by atoms with Crippen molar-refractivity contribution >= 4 is 0 Å². The highest BCUT2D eigenvalue weighted by Gasteiger charge is 2.16. The monoisotopic (exact) mass is 202 g/mol. The fraction of sp³-hybridized carbons (Fsp3) is 1.00. The summed E-state index contributed by atoms with van der Waals surface area (Å²) in [5.41, 5.74) is 2.02. The smallest absolute Gasteiger partial charge is 0.0204 e. The largest absolute Gasteiger partial charge is 0.317 e. The van der Waals surface area contributed by atoms with Crippen LogP contribution in [0.25, 0.3) is 0 Å². The van der Waals surface area contributed by atoms with Crippen LogP contribution in [0.3, 0.4) is 0 Å². The van der Waals surface area contributed by atoms with E-state index in [-0.39, 0.29) is 0 Å². The third kappa shape index (κ3) is 7.30. The van der Waals surface area contributed by atoms with E-state index < -0.39 is 0 Å². The Morgan fingerprint density at radius 1 is 1.36 bits per heavy atom. The van der Waals surface area contributed by atoms with E-state index in [0.29, 0.717) is 6.54 Å². The van der Waals surface area contributed by atoms with E-state index in [1.54, 1.807) is 0 Å². The van der Waals surface area contributed by atoms with Gasteiger partial charge in [-0.25, -0.2) is 5.48 Å². The SMILES string of the molecule is CCCNO.CNC1CCCC(C)C1. The summed E-state index contributed by atoms with van der Waals surface area (Å²) in [4.78, 5) is 0. The molecule has 0 amide bonds. The van der Waals surface area contributed by atoms with E-state index in [4.69, 9.17) is 5.21 Å². The summed E-state index contributed by atoms with van der Waals surface area (Å²) in [5.74, 6) is 0.955. The van der Waals surface area contributed by atoms with Crippen molar-refractivity contribution in [3.05, 3.63) is 0 Å². The molecule has 0 bridgehead atoms. The third-order valence-electron chi connectivity index (χ3n) is 2.71. The third-order valence-corrected chi connectivity index (χ3v) is 2.71. The zero-order valence-corrected chi connectivity index (χ0v) is 9.84. The van der Waals surface area contributed by atoms with Crippen molar-refractivity contribution in [2.45, 2.75) is 52.0 Å². The summed E-state index contributed by atoms with van der Waals surface area (Å²) in [6.45, 7) is 5.03. The van der Waals surface area contributed by atoms with Crippen molar-refractivity contribution in [3.8, 4) is 0 Å². The number of rotatable bonds is 3. The topological polar surface area (TPSA) is 44.3 Å². The fourth-order valence-electron chi connectivity index (χ4n) is 1.81. The highest BCUT2D eigenvalue weighted by molar-refractivity contribution is 4.73. The van der Waals surface area contributed by atoms with Crippen LogP contribution in [-0.2, 0) is 0 Å². The van der Waals surface area contributed by atoms with Gasteiger partial charge in [-0.3, -0.25) is 0 Å². The van der Waals surface area contributed by atoms with Crippen LogP contribution >= 0.6 is 0 Å². The molecule has 0 radical (unpaired) electrons. The molecule has 1 rings (SSSR count). The highest BCUT2D eigenvalue weighted by Crippen LogP contribution is 2.22. The Labute approximate surface area is 88.2 Å². The number of hydroxylamine groups is 1. The lowest BCUT2D eigenvalue weighted by Gasteiger charge is -2.25. The molecular weight excluding hydrogens is 176 g/mol. The molecule has 86 valence electrons. The molecule has 2 atom stereocenters. The van der Waals surface area contributed by atoms with Gasteiger partial charge in [0.05, 0.1) is 0 Å². The van der Waals surface area contributed by atoms with Gasteiger partial charge in [-0.15, -0.1) is 0 Å². The molecule has 0 aromatic carbocycles. The molecule has 0 aromatic heterocycles. The van der Waals surface area contributed by atoms with Gasteiger partial charge in [0.25, 0.3) is 0 Å². The van der Waals surface area contributed by atoms with Crippen LogP contribution in [0.1, 0.15) is 46.0 Å². The van der Waals surface area contributed by atoms with Crippen LogP contribution < -0.4 is 10.8 Å². The van der Waals surface area contributed by atoms with Crippen molar-refractivity contribution in [2.75, 3.05) is 13.6 Å². The Morgan fingerprint density at radius 2 is 2.07 bits per heavy atom. The maximum Gasteiger partial charge on any atom is 0.0204 e. The average Bonchev–Trinajstić information content (AvgIpc) is 2.20. The average molecular weight is 202 g/mol. The molecule has 2 unspecified atom stereocenters. The van der Waals surface area contributed by atoms with Crippen molar-refractivity contribution in [1.29, 1.82) is 0 Å². The molecule has 3 N–H and O–H groups in total. The van der Waals surface area contributed by atoms with Gasteiger partial charge in [-0.05, 0) is 32.2 Å². The molecule has 1 aliphatic rings. The zero-order valence-electron chi connectivity index (χ0n) is 9.84. The van der Waals surface area contributed by atoms with Crippen molar-refractivity contribution < 1.29 is 5.21 Å². The van der Waals surface area contributed by atoms with Crippen LogP contribution in [0.5, 0.6) is 0 Å². The molecule has 0 spiro atoms. The molecule has 0 aromatic rings. The van der Waals surface area contributed by atoms with Gasteiger partial charge in [-0.2, -0.15) is 0 Å². The summed E-state index contributed by atoms with van der Waals surface area (Å²) in [6.07, 6.45) is 6.62. The lowest BCUT2D eigenvalue weighted by atomic mass is 9.87. The zero-order chi connectivity index (χ0) is 10.8. The lowest BCUT2D eigenvalue weighted by Crippen LogP contribution is -2.30. The first-order valence-corrected chi connectivity index (χ1v) is 5.78. The Bertz CT molecular complexity index is 118. The van der Waals surface area contributed by atoms with Gasteiger partial charge in [0, 0.05) is 12.6 Å². The predicted octanol–water partition coefficient (Wildman–Crippen LogP) is 2.16. The minimum atomic E-state index is 0.694. The maximum atomic E-state index is 7.82. The Kier molecular flexibility index (Phi) is 9.35. The number of nitrogens with one attached hydrogen (secondary N) is 2. The normalized spacial score (nSPS) is 26.6. The van der Waals surface area contributed by atoms with Crippen LogP contribution in [0.4, 0.5) is 0 Å². The second kappa shape index (κ2) is 9.44. The molecule has 1 aliphatic carbocycles. The number of hydrogen-bond acceptors (Lipinski definition) is 3. The molecule has 14 heavy (non-hydrogen) atoms. The molecule has 0 aliphatic heterocycles. The molecule has 1 fully saturated rings. The standard InChI is InChI=1S/C8H17N.C3H9NO/c1-7-4-3-5-8(6-7)9-2;1-2-3-4-5/h7-9H,3-6H2,1-2H3;4-5H,2-3H2,1H3. The fourth-order valence-corrected chi connectivity index (χ4v) is 1.81. The van der Waals surface area contributed by atoms with Crippen molar-refractivity contribution in [3.63, 3.8) is 0 Å². The lowest BCUT2D eigenvalue weighted by molar-refractivity contribution is 0.167. The molecule has 3 heteroatoms. The van der Waals surface area contributed by atoms with Crippen molar-refractivity contribution in [1.82, 2.24) is 10.8 Å². The molecular formula is C11H26N2O. The quantitative estimate of drug-likeness (QED) is 0.614. The minimum absolute atomic E-state index is 0.694. The molecule has 1 saturated carbocycles. The van der Waals surface area contributed by atoms with Crippen molar-refractivity contribution in [2.24, 2.45) is 5.92 Å². The van der Waals surface area contributed by atoms with E-state index in [1.165, 1.54) is 25.7 Å². The van der Waals surface area contributed by atoms with Gasteiger partial charge in [0.1, 0.15) is 0 Å². The molecule has 0 heterocycles. The predicted molar refractivity (Wildman–Crippen MR) is 60.6 cm³/mol. The van der Waals surface area contributed by atoms with E-state index in [9.17, 15) is 0 Å². The molecule has 3 nitrogen and oxygen atoms in total. The van der Waals surface area contributed by atoms with Crippen LogP contribution in [0.2, 0.25) is 0 Å². The summed E-state index contributed by atoms with van der Waals surface area (Å²) < 4.78 is 0. The van der Waals surface area contributed by atoms with Gasteiger partial charge >= 0.3 is 0 Å². The molecule has 0 saturated heterocycles. The first kappa shape index (κ1) is 13.9. The second-order valence-corrected chi connectivity index (χ2v) is 4.17. The second-order valence-electron chi connectivity index (χ2n) is 4.17. The highest BCUT2D eigenvalue weighted by atomic mass is 16.5.